The van der Waals surface area contributed by atoms with Crippen molar-refractivity contribution in [2.75, 3.05) is 0 Å². The third-order valence-electron chi connectivity index (χ3n) is 3.63. The first-order valence-corrected chi connectivity index (χ1v) is 6.85. The van der Waals surface area contributed by atoms with Crippen LogP contribution in [0.3, 0.4) is 0 Å². The molecular formula is C14H25NO3. The van der Waals surface area contributed by atoms with Crippen LogP contribution in [0.1, 0.15) is 59.3 Å². The standard InChI is InChI=1S/C14H25NO3/c1-14(2,3)11(13(17)18)15-12(16)10-8-6-4-5-7-9-10/h10-11H,4-9H2,1-3H3,(H,15,16)(H,17,18)/t11-/m1/s1. The van der Waals surface area contributed by atoms with Gasteiger partial charge in [0.1, 0.15) is 6.04 Å². The van der Waals surface area contributed by atoms with Crippen LogP contribution in [-0.4, -0.2) is 23.0 Å². The Morgan fingerprint density at radius 2 is 1.61 bits per heavy atom. The average molecular weight is 255 g/mol. The van der Waals surface area contributed by atoms with E-state index in [4.69, 9.17) is 0 Å². The van der Waals surface area contributed by atoms with Crippen molar-refractivity contribution in [1.29, 1.82) is 0 Å². The van der Waals surface area contributed by atoms with Gasteiger partial charge in [0.05, 0.1) is 0 Å². The van der Waals surface area contributed by atoms with E-state index >= 15 is 0 Å². The number of hydrogen-bond donors (Lipinski definition) is 2. The highest BCUT2D eigenvalue weighted by Gasteiger charge is 2.34. The van der Waals surface area contributed by atoms with Crippen molar-refractivity contribution in [2.45, 2.75) is 65.3 Å². The first-order chi connectivity index (χ1) is 8.32. The van der Waals surface area contributed by atoms with Gasteiger partial charge in [0, 0.05) is 5.92 Å². The highest BCUT2D eigenvalue weighted by molar-refractivity contribution is 5.85. The molecule has 4 heteroatoms. The topological polar surface area (TPSA) is 66.4 Å². The van der Waals surface area contributed by atoms with Crippen LogP contribution in [0.2, 0.25) is 0 Å². The molecule has 4 nitrogen and oxygen atoms in total. The number of carboxylic acid groups (broad SMARTS) is 1. The van der Waals surface area contributed by atoms with Gasteiger partial charge < -0.3 is 10.4 Å². The van der Waals surface area contributed by atoms with E-state index in [9.17, 15) is 14.7 Å². The van der Waals surface area contributed by atoms with Crippen molar-refractivity contribution >= 4 is 11.9 Å². The van der Waals surface area contributed by atoms with Crippen LogP contribution in [-0.2, 0) is 9.59 Å². The predicted octanol–water partition coefficient (Wildman–Crippen LogP) is 2.57. The van der Waals surface area contributed by atoms with Gasteiger partial charge in [-0.25, -0.2) is 4.79 Å². The Morgan fingerprint density at radius 3 is 2.00 bits per heavy atom. The molecule has 0 aromatic rings. The van der Waals surface area contributed by atoms with Gasteiger partial charge in [-0.2, -0.15) is 0 Å². The van der Waals surface area contributed by atoms with Gasteiger partial charge in [0.25, 0.3) is 0 Å². The number of amides is 1. The van der Waals surface area contributed by atoms with Gasteiger partial charge in [-0.15, -0.1) is 0 Å². The Bertz CT molecular complexity index is 299. The number of rotatable bonds is 3. The minimum Gasteiger partial charge on any atom is -0.480 e. The predicted molar refractivity (Wildman–Crippen MR) is 70.2 cm³/mol. The summed E-state index contributed by atoms with van der Waals surface area (Å²) in [5, 5.41) is 11.9. The first-order valence-electron chi connectivity index (χ1n) is 6.85. The maximum absolute atomic E-state index is 12.1. The van der Waals surface area contributed by atoms with E-state index in [1.54, 1.807) is 0 Å². The monoisotopic (exact) mass is 255 g/mol. The second-order valence-corrected chi connectivity index (χ2v) is 6.33. The van der Waals surface area contributed by atoms with Gasteiger partial charge in [0.15, 0.2) is 0 Å². The fourth-order valence-corrected chi connectivity index (χ4v) is 2.45. The number of nitrogens with one attached hydrogen (secondary N) is 1. The summed E-state index contributed by atoms with van der Waals surface area (Å²) in [4.78, 5) is 23.4. The lowest BCUT2D eigenvalue weighted by Crippen LogP contribution is -2.50. The van der Waals surface area contributed by atoms with E-state index in [0.717, 1.165) is 25.7 Å². The van der Waals surface area contributed by atoms with Crippen molar-refractivity contribution in [3.63, 3.8) is 0 Å². The Balaban J connectivity index is 2.63. The number of carbonyl (C=O) groups excluding carboxylic acids is 1. The molecule has 1 rings (SSSR count). The molecule has 0 aliphatic heterocycles. The number of carboxylic acids is 1. The molecule has 0 unspecified atom stereocenters. The molecule has 104 valence electrons. The summed E-state index contributed by atoms with van der Waals surface area (Å²) >= 11 is 0. The zero-order valence-electron chi connectivity index (χ0n) is 11.7. The maximum Gasteiger partial charge on any atom is 0.326 e. The summed E-state index contributed by atoms with van der Waals surface area (Å²) < 4.78 is 0. The summed E-state index contributed by atoms with van der Waals surface area (Å²) in [5.74, 6) is -1.04. The van der Waals surface area contributed by atoms with Crippen LogP contribution >= 0.6 is 0 Å². The smallest absolute Gasteiger partial charge is 0.326 e. The summed E-state index contributed by atoms with van der Waals surface area (Å²) in [5.41, 5.74) is -0.466. The van der Waals surface area contributed by atoms with Crippen LogP contribution in [0.25, 0.3) is 0 Å². The summed E-state index contributed by atoms with van der Waals surface area (Å²) in [7, 11) is 0. The largest absolute Gasteiger partial charge is 0.480 e. The Kier molecular flexibility index (Phi) is 5.17. The van der Waals surface area contributed by atoms with E-state index in [1.807, 2.05) is 20.8 Å². The highest BCUT2D eigenvalue weighted by atomic mass is 16.4. The third kappa shape index (κ3) is 4.31. The van der Waals surface area contributed by atoms with Crippen molar-refractivity contribution in [1.82, 2.24) is 5.32 Å². The number of aliphatic carboxylic acids is 1. The molecule has 18 heavy (non-hydrogen) atoms. The van der Waals surface area contributed by atoms with E-state index in [-0.39, 0.29) is 11.8 Å². The van der Waals surface area contributed by atoms with Crippen LogP contribution in [0.4, 0.5) is 0 Å². The second-order valence-electron chi connectivity index (χ2n) is 6.33. The summed E-state index contributed by atoms with van der Waals surface area (Å²) in [6, 6.07) is -0.812. The molecule has 1 amide bonds. The van der Waals surface area contributed by atoms with Gasteiger partial charge in [0.2, 0.25) is 5.91 Å². The highest BCUT2D eigenvalue weighted by Crippen LogP contribution is 2.25. The normalized spacial score (nSPS) is 19.9. The molecule has 2 N–H and O–H groups in total. The molecule has 0 aromatic carbocycles. The van der Waals surface area contributed by atoms with Crippen molar-refractivity contribution in [3.05, 3.63) is 0 Å². The second kappa shape index (κ2) is 6.21. The molecule has 1 fully saturated rings. The summed E-state index contributed by atoms with van der Waals surface area (Å²) in [6.07, 6.45) is 6.30. The maximum atomic E-state index is 12.1. The quantitative estimate of drug-likeness (QED) is 0.762. The summed E-state index contributed by atoms with van der Waals surface area (Å²) in [6.45, 7) is 5.50. The lowest BCUT2D eigenvalue weighted by molar-refractivity contribution is -0.145. The lowest BCUT2D eigenvalue weighted by Gasteiger charge is -2.29. The van der Waals surface area contributed by atoms with E-state index in [0.29, 0.717) is 0 Å². The first kappa shape index (κ1) is 15.0. The molecule has 0 bridgehead atoms. The molecule has 1 aliphatic rings. The third-order valence-corrected chi connectivity index (χ3v) is 3.63. The van der Waals surface area contributed by atoms with Crippen LogP contribution in [0, 0.1) is 11.3 Å². The van der Waals surface area contributed by atoms with Crippen molar-refractivity contribution in [3.8, 4) is 0 Å². The Hall–Kier alpha value is -1.06. The minimum atomic E-state index is -0.954. The molecule has 0 radical (unpaired) electrons. The lowest BCUT2D eigenvalue weighted by atomic mass is 9.86. The molecule has 0 spiro atoms. The Labute approximate surface area is 109 Å². The van der Waals surface area contributed by atoms with Gasteiger partial charge >= 0.3 is 5.97 Å². The number of hydrogen-bond acceptors (Lipinski definition) is 2. The zero-order valence-corrected chi connectivity index (χ0v) is 11.7. The van der Waals surface area contributed by atoms with E-state index in [1.165, 1.54) is 12.8 Å². The molecule has 1 saturated carbocycles. The van der Waals surface area contributed by atoms with E-state index < -0.39 is 17.4 Å². The average Bonchev–Trinajstić information content (AvgIpc) is 2.51. The van der Waals surface area contributed by atoms with Crippen molar-refractivity contribution < 1.29 is 14.7 Å². The fraction of sp³-hybridized carbons (Fsp3) is 0.857. The molecule has 0 heterocycles. The van der Waals surface area contributed by atoms with Gasteiger partial charge in [-0.05, 0) is 18.3 Å². The van der Waals surface area contributed by atoms with Crippen LogP contribution < -0.4 is 5.32 Å². The zero-order chi connectivity index (χ0) is 13.8. The number of carbonyl (C=O) groups is 2. The van der Waals surface area contributed by atoms with Crippen LogP contribution in [0.5, 0.6) is 0 Å². The molecule has 0 saturated heterocycles. The molecule has 0 aromatic heterocycles. The molecule has 1 atom stereocenters. The minimum absolute atomic E-state index is 0.00306. The molecular weight excluding hydrogens is 230 g/mol. The van der Waals surface area contributed by atoms with E-state index in [2.05, 4.69) is 5.32 Å². The SMILES string of the molecule is CC(C)(C)[C@H](NC(=O)C1CCCCCC1)C(=O)O. The van der Waals surface area contributed by atoms with Gasteiger partial charge in [-0.1, -0.05) is 46.5 Å². The van der Waals surface area contributed by atoms with Crippen molar-refractivity contribution in [2.24, 2.45) is 11.3 Å². The Morgan fingerprint density at radius 1 is 1.11 bits per heavy atom. The van der Waals surface area contributed by atoms with Crippen LogP contribution in [0.15, 0.2) is 0 Å². The van der Waals surface area contributed by atoms with Gasteiger partial charge in [-0.3, -0.25) is 4.79 Å². The fourth-order valence-electron chi connectivity index (χ4n) is 2.45. The molecule has 1 aliphatic carbocycles.